The van der Waals surface area contributed by atoms with Gasteiger partial charge in [0.05, 0.1) is 33.7 Å². The average molecular weight is 434 g/mol. The molecule has 0 N–H and O–H groups in total. The Morgan fingerprint density at radius 2 is 1.74 bits per heavy atom. The molecule has 4 rings (SSSR count). The Hall–Kier alpha value is -2.92. The van der Waals surface area contributed by atoms with E-state index in [2.05, 4.69) is 35.8 Å². The van der Waals surface area contributed by atoms with Gasteiger partial charge in [0.1, 0.15) is 0 Å². The summed E-state index contributed by atoms with van der Waals surface area (Å²) in [6.45, 7) is 6.39. The quantitative estimate of drug-likeness (QED) is 0.384. The average Bonchev–Trinajstić information content (AvgIpc) is 3.02. The molecule has 4 aromatic rings. The minimum Gasteiger partial charge on any atom is -0.463 e. The van der Waals surface area contributed by atoms with Crippen LogP contribution in [0.4, 0.5) is 0 Å². The van der Waals surface area contributed by atoms with E-state index < -0.39 is 10.8 Å². The monoisotopic (exact) mass is 433 g/mol. The molecule has 0 aliphatic carbocycles. The van der Waals surface area contributed by atoms with Crippen LogP contribution in [0.2, 0.25) is 0 Å². The molecule has 0 amide bonds. The van der Waals surface area contributed by atoms with Gasteiger partial charge >= 0.3 is 5.97 Å². The molecular formula is C26H27NO3S. The fraction of sp³-hybridized carbons (Fsp3) is 0.269. The Morgan fingerprint density at radius 1 is 1.06 bits per heavy atom. The van der Waals surface area contributed by atoms with Crippen LogP contribution in [-0.4, -0.2) is 27.1 Å². The van der Waals surface area contributed by atoms with Gasteiger partial charge in [-0.1, -0.05) is 54.6 Å². The van der Waals surface area contributed by atoms with Crippen LogP contribution in [0.1, 0.15) is 30.5 Å². The number of nitrogens with zero attached hydrogens (tertiary/aromatic N) is 1. The number of aryl methyl sites for hydroxylation is 1. The van der Waals surface area contributed by atoms with Crippen LogP contribution < -0.4 is 0 Å². The Labute approximate surface area is 185 Å². The molecule has 0 fully saturated rings. The number of fused-ring (bicyclic) bond motifs is 3. The van der Waals surface area contributed by atoms with Crippen molar-refractivity contribution >= 4 is 38.6 Å². The Kier molecular flexibility index (Phi) is 5.96. The molecule has 0 bridgehead atoms. The zero-order chi connectivity index (χ0) is 22.1. The van der Waals surface area contributed by atoms with E-state index in [4.69, 9.17) is 4.74 Å². The second-order valence-electron chi connectivity index (χ2n) is 8.16. The summed E-state index contributed by atoms with van der Waals surface area (Å²) in [5.41, 5.74) is 5.05. The van der Waals surface area contributed by atoms with E-state index in [1.54, 1.807) is 6.26 Å². The molecule has 0 saturated heterocycles. The largest absolute Gasteiger partial charge is 0.463 e. The fourth-order valence-corrected chi connectivity index (χ4v) is 5.32. The van der Waals surface area contributed by atoms with E-state index in [1.165, 1.54) is 5.56 Å². The number of esters is 1. The molecule has 5 heteroatoms. The van der Waals surface area contributed by atoms with Crippen LogP contribution in [-0.2, 0) is 33.3 Å². The molecule has 3 aromatic carbocycles. The van der Waals surface area contributed by atoms with Crippen LogP contribution in [0.5, 0.6) is 0 Å². The predicted molar refractivity (Wildman–Crippen MR) is 127 cm³/mol. The highest BCUT2D eigenvalue weighted by Crippen LogP contribution is 2.37. The van der Waals surface area contributed by atoms with Crippen molar-refractivity contribution in [3.05, 3.63) is 77.4 Å². The highest BCUT2D eigenvalue weighted by atomic mass is 32.2. The number of aromatic nitrogens is 1. The van der Waals surface area contributed by atoms with Gasteiger partial charge in [0.15, 0.2) is 0 Å². The number of para-hydroxylation sites is 1. The fourth-order valence-electron chi connectivity index (χ4n) is 4.33. The Bertz CT molecular complexity index is 1290. The molecule has 1 aromatic heterocycles. The first-order valence-electron chi connectivity index (χ1n) is 10.5. The summed E-state index contributed by atoms with van der Waals surface area (Å²) in [5.74, 6) is -0.300. The number of benzene rings is 3. The lowest BCUT2D eigenvalue weighted by molar-refractivity contribution is -0.146. The summed E-state index contributed by atoms with van der Waals surface area (Å²) in [4.78, 5) is 13.2. The van der Waals surface area contributed by atoms with Crippen LogP contribution in [0.15, 0.2) is 65.6 Å². The molecule has 0 radical (unpaired) electrons. The number of rotatable bonds is 6. The van der Waals surface area contributed by atoms with E-state index in [0.29, 0.717) is 11.4 Å². The lowest BCUT2D eigenvalue weighted by Gasteiger charge is -2.15. The normalized spacial score (nSPS) is 12.5. The smallest absolute Gasteiger partial charge is 0.310 e. The van der Waals surface area contributed by atoms with Crippen molar-refractivity contribution in [1.82, 2.24) is 4.57 Å². The van der Waals surface area contributed by atoms with Gasteiger partial charge in [-0.3, -0.25) is 9.00 Å². The van der Waals surface area contributed by atoms with Gasteiger partial charge in [-0.25, -0.2) is 0 Å². The molecule has 1 atom stereocenters. The molecule has 0 saturated carbocycles. The SMILES string of the molecule is Cc1cc(CC(=O)OC(C)C)c(S(C)=O)c2c1c1ccccc1n2Cc1ccccc1. The Morgan fingerprint density at radius 3 is 2.42 bits per heavy atom. The number of carbonyl (C=O) groups is 1. The third kappa shape index (κ3) is 4.15. The topological polar surface area (TPSA) is 48.3 Å². The molecule has 0 aliphatic heterocycles. The van der Waals surface area contributed by atoms with Gasteiger partial charge in [0.2, 0.25) is 0 Å². The van der Waals surface area contributed by atoms with Gasteiger partial charge in [-0.05, 0) is 43.5 Å². The lowest BCUT2D eigenvalue weighted by atomic mass is 10.0. The van der Waals surface area contributed by atoms with Gasteiger partial charge in [0, 0.05) is 29.1 Å². The Balaban J connectivity index is 2.02. The van der Waals surface area contributed by atoms with E-state index in [1.807, 2.05) is 50.2 Å². The molecule has 1 unspecified atom stereocenters. The zero-order valence-electron chi connectivity index (χ0n) is 18.3. The number of hydrogen-bond acceptors (Lipinski definition) is 3. The third-order valence-electron chi connectivity index (χ3n) is 5.44. The third-order valence-corrected chi connectivity index (χ3v) is 6.47. The molecule has 0 aliphatic rings. The maximum absolute atomic E-state index is 13.0. The first-order valence-corrected chi connectivity index (χ1v) is 12.0. The minimum atomic E-state index is -1.28. The first kappa shape index (κ1) is 21.3. The summed E-state index contributed by atoms with van der Waals surface area (Å²) in [5, 5.41) is 2.23. The van der Waals surface area contributed by atoms with Crippen molar-refractivity contribution < 1.29 is 13.7 Å². The van der Waals surface area contributed by atoms with Gasteiger partial charge in [0.25, 0.3) is 0 Å². The molecule has 160 valence electrons. The van der Waals surface area contributed by atoms with Crippen LogP contribution >= 0.6 is 0 Å². The lowest BCUT2D eigenvalue weighted by Crippen LogP contribution is -2.15. The second kappa shape index (κ2) is 8.67. The summed E-state index contributed by atoms with van der Waals surface area (Å²) >= 11 is 0. The number of carbonyl (C=O) groups excluding carboxylic acids is 1. The molecule has 0 spiro atoms. The first-order chi connectivity index (χ1) is 14.9. The number of ether oxygens (including phenoxy) is 1. The van der Waals surface area contributed by atoms with E-state index in [-0.39, 0.29) is 18.5 Å². The van der Waals surface area contributed by atoms with Gasteiger partial charge < -0.3 is 9.30 Å². The highest BCUT2D eigenvalue weighted by Gasteiger charge is 2.23. The summed E-state index contributed by atoms with van der Waals surface area (Å²) in [6.07, 6.45) is 1.61. The zero-order valence-corrected chi connectivity index (χ0v) is 19.2. The van der Waals surface area contributed by atoms with Gasteiger partial charge in [-0.2, -0.15) is 0 Å². The van der Waals surface area contributed by atoms with Crippen LogP contribution in [0.3, 0.4) is 0 Å². The van der Waals surface area contributed by atoms with Crippen LogP contribution in [0, 0.1) is 6.92 Å². The van der Waals surface area contributed by atoms with Crippen molar-refractivity contribution in [2.24, 2.45) is 0 Å². The maximum atomic E-state index is 13.0. The summed E-state index contributed by atoms with van der Waals surface area (Å²) < 4.78 is 20.6. The van der Waals surface area contributed by atoms with E-state index >= 15 is 0 Å². The molecule has 4 nitrogen and oxygen atoms in total. The van der Waals surface area contributed by atoms with Crippen molar-refractivity contribution in [3.8, 4) is 0 Å². The highest BCUT2D eigenvalue weighted by molar-refractivity contribution is 7.84. The van der Waals surface area contributed by atoms with Crippen molar-refractivity contribution in [3.63, 3.8) is 0 Å². The second-order valence-corrected chi connectivity index (χ2v) is 9.48. The summed E-state index contributed by atoms with van der Waals surface area (Å²) in [6, 6.07) is 20.5. The van der Waals surface area contributed by atoms with Crippen LogP contribution in [0.25, 0.3) is 21.8 Å². The standard InChI is InChI=1S/C26H27NO3S/c1-17(2)30-23(28)15-20-14-18(3)24-21-12-8-9-13-22(21)27(25(24)26(20)31(4)29)16-19-10-6-5-7-11-19/h5-14,17H,15-16H2,1-4H3. The van der Waals surface area contributed by atoms with Gasteiger partial charge in [-0.15, -0.1) is 0 Å². The van der Waals surface area contributed by atoms with E-state index in [0.717, 1.165) is 32.9 Å². The van der Waals surface area contributed by atoms with Crippen molar-refractivity contribution in [1.29, 1.82) is 0 Å². The maximum Gasteiger partial charge on any atom is 0.310 e. The van der Waals surface area contributed by atoms with Crippen molar-refractivity contribution in [2.75, 3.05) is 6.26 Å². The van der Waals surface area contributed by atoms with Crippen molar-refractivity contribution in [2.45, 2.75) is 44.7 Å². The summed E-state index contributed by atoms with van der Waals surface area (Å²) in [7, 11) is -1.28. The molecule has 31 heavy (non-hydrogen) atoms. The minimum absolute atomic E-state index is 0.108. The molecular weight excluding hydrogens is 406 g/mol. The number of hydrogen-bond donors (Lipinski definition) is 0. The predicted octanol–water partition coefficient (Wildman–Crippen LogP) is 5.38. The molecule has 1 heterocycles. The van der Waals surface area contributed by atoms with E-state index in [9.17, 15) is 9.00 Å².